The van der Waals surface area contributed by atoms with Gasteiger partial charge in [-0.05, 0) is 18.2 Å². The predicted molar refractivity (Wildman–Crippen MR) is 95.1 cm³/mol. The Balaban J connectivity index is 1.26. The van der Waals surface area contributed by atoms with Gasteiger partial charge in [-0.1, -0.05) is 24.3 Å². The molecular formula is C20H22N2O4. The molecule has 1 amide bonds. The van der Waals surface area contributed by atoms with Crippen molar-refractivity contribution in [2.24, 2.45) is 0 Å². The Kier molecular flexibility index (Phi) is 4.75. The second-order valence-corrected chi connectivity index (χ2v) is 6.78. The first-order valence-electron chi connectivity index (χ1n) is 8.90. The Morgan fingerprint density at radius 2 is 2.00 bits per heavy atom. The molecule has 2 aliphatic heterocycles. The standard InChI is InChI=1S/C20H22N2O4/c23-19(13-24-16-6-2-1-3-7-16)22-14-20(15-22)12-17(9-11-25-20)26-18-8-4-5-10-21-18/h1-8,10,17H,9,11-15H2/t17-/m0/s1. The zero-order chi connectivity index (χ0) is 17.8. The first-order chi connectivity index (χ1) is 12.7. The number of pyridine rings is 1. The summed E-state index contributed by atoms with van der Waals surface area (Å²) in [5.74, 6) is 1.32. The maximum Gasteiger partial charge on any atom is 0.260 e. The van der Waals surface area contributed by atoms with Crippen molar-refractivity contribution in [2.75, 3.05) is 26.3 Å². The number of benzene rings is 1. The molecule has 6 heteroatoms. The number of nitrogens with zero attached hydrogens (tertiary/aromatic N) is 2. The molecule has 2 aromatic rings. The number of hydrogen-bond acceptors (Lipinski definition) is 5. The second-order valence-electron chi connectivity index (χ2n) is 6.78. The lowest BCUT2D eigenvalue weighted by molar-refractivity contribution is -0.194. The van der Waals surface area contributed by atoms with E-state index in [1.165, 1.54) is 0 Å². The highest BCUT2D eigenvalue weighted by Crippen LogP contribution is 2.35. The summed E-state index contributed by atoms with van der Waals surface area (Å²) in [6.45, 7) is 1.87. The van der Waals surface area contributed by atoms with Gasteiger partial charge in [0, 0.05) is 25.1 Å². The average Bonchev–Trinajstić information content (AvgIpc) is 2.66. The number of hydrogen-bond donors (Lipinski definition) is 0. The van der Waals surface area contributed by atoms with Crippen LogP contribution in [0.15, 0.2) is 54.7 Å². The van der Waals surface area contributed by atoms with Gasteiger partial charge in [0.15, 0.2) is 6.61 Å². The van der Waals surface area contributed by atoms with Crippen molar-refractivity contribution in [1.29, 1.82) is 0 Å². The van der Waals surface area contributed by atoms with E-state index < -0.39 is 0 Å². The van der Waals surface area contributed by atoms with E-state index in [1.54, 1.807) is 11.1 Å². The van der Waals surface area contributed by atoms with Crippen LogP contribution >= 0.6 is 0 Å². The number of ether oxygens (including phenoxy) is 3. The summed E-state index contributed by atoms with van der Waals surface area (Å²) < 4.78 is 17.5. The molecule has 6 nitrogen and oxygen atoms in total. The van der Waals surface area contributed by atoms with Crippen molar-refractivity contribution >= 4 is 5.91 Å². The molecule has 0 N–H and O–H groups in total. The van der Waals surface area contributed by atoms with Gasteiger partial charge in [0.25, 0.3) is 5.91 Å². The van der Waals surface area contributed by atoms with Gasteiger partial charge in [0.1, 0.15) is 17.5 Å². The summed E-state index contributed by atoms with van der Waals surface area (Å²) in [7, 11) is 0. The summed E-state index contributed by atoms with van der Waals surface area (Å²) >= 11 is 0. The molecule has 0 bridgehead atoms. The topological polar surface area (TPSA) is 60.9 Å². The first-order valence-corrected chi connectivity index (χ1v) is 8.90. The Morgan fingerprint density at radius 3 is 2.77 bits per heavy atom. The molecule has 136 valence electrons. The summed E-state index contributed by atoms with van der Waals surface area (Å²) in [6, 6.07) is 15.0. The number of carbonyl (C=O) groups is 1. The number of para-hydroxylation sites is 1. The largest absolute Gasteiger partial charge is 0.484 e. The molecule has 1 spiro atoms. The van der Waals surface area contributed by atoms with E-state index in [-0.39, 0.29) is 24.2 Å². The monoisotopic (exact) mass is 354 g/mol. The summed E-state index contributed by atoms with van der Waals surface area (Å²) in [5, 5.41) is 0. The van der Waals surface area contributed by atoms with E-state index in [9.17, 15) is 4.79 Å². The predicted octanol–water partition coefficient (Wildman–Crippen LogP) is 2.30. The normalized spacial score (nSPS) is 21.1. The van der Waals surface area contributed by atoms with Gasteiger partial charge in [-0.25, -0.2) is 4.98 Å². The maximum absolute atomic E-state index is 12.3. The molecule has 0 aliphatic carbocycles. The van der Waals surface area contributed by atoms with Crippen LogP contribution in [0.3, 0.4) is 0 Å². The quantitative estimate of drug-likeness (QED) is 0.825. The molecule has 0 unspecified atom stereocenters. The lowest BCUT2D eigenvalue weighted by Crippen LogP contribution is -2.68. The molecule has 26 heavy (non-hydrogen) atoms. The average molecular weight is 354 g/mol. The molecule has 2 fully saturated rings. The fourth-order valence-electron chi connectivity index (χ4n) is 3.47. The smallest absolute Gasteiger partial charge is 0.260 e. The van der Waals surface area contributed by atoms with Gasteiger partial charge >= 0.3 is 0 Å². The van der Waals surface area contributed by atoms with Crippen LogP contribution in [0.2, 0.25) is 0 Å². The third kappa shape index (κ3) is 3.80. The SMILES string of the molecule is O=C(COc1ccccc1)N1CC2(C[C@@H](Oc3ccccn3)CCO2)C1. The van der Waals surface area contributed by atoms with E-state index in [0.29, 0.717) is 31.3 Å². The zero-order valence-electron chi connectivity index (χ0n) is 14.5. The fraction of sp³-hybridized carbons (Fsp3) is 0.400. The highest BCUT2D eigenvalue weighted by Gasteiger charge is 2.49. The number of carbonyl (C=O) groups excluding carboxylic acids is 1. The van der Waals surface area contributed by atoms with Gasteiger partial charge in [-0.2, -0.15) is 0 Å². The fourth-order valence-corrected chi connectivity index (χ4v) is 3.47. The maximum atomic E-state index is 12.3. The Hall–Kier alpha value is -2.60. The van der Waals surface area contributed by atoms with Crippen LogP contribution in [-0.4, -0.2) is 53.8 Å². The van der Waals surface area contributed by atoms with Crippen LogP contribution in [0, 0.1) is 0 Å². The molecule has 4 rings (SSSR count). The van der Waals surface area contributed by atoms with E-state index >= 15 is 0 Å². The van der Waals surface area contributed by atoms with Crippen LogP contribution < -0.4 is 9.47 Å². The van der Waals surface area contributed by atoms with Gasteiger partial charge in [-0.3, -0.25) is 4.79 Å². The van der Waals surface area contributed by atoms with Crippen molar-refractivity contribution in [3.8, 4) is 11.6 Å². The molecule has 0 saturated carbocycles. The van der Waals surface area contributed by atoms with E-state index in [4.69, 9.17) is 14.2 Å². The van der Waals surface area contributed by atoms with Crippen LogP contribution in [0.25, 0.3) is 0 Å². The van der Waals surface area contributed by atoms with Gasteiger partial charge in [-0.15, -0.1) is 0 Å². The summed E-state index contributed by atoms with van der Waals surface area (Å²) in [4.78, 5) is 18.3. The van der Waals surface area contributed by atoms with Gasteiger partial charge < -0.3 is 19.1 Å². The van der Waals surface area contributed by atoms with Crippen LogP contribution in [0.1, 0.15) is 12.8 Å². The first kappa shape index (κ1) is 16.8. The number of aromatic nitrogens is 1. The molecule has 2 aliphatic rings. The zero-order valence-corrected chi connectivity index (χ0v) is 14.5. The van der Waals surface area contributed by atoms with Crippen LogP contribution in [0.4, 0.5) is 0 Å². The van der Waals surface area contributed by atoms with Crippen molar-refractivity contribution in [3.05, 3.63) is 54.7 Å². The Labute approximate surface area is 152 Å². The summed E-state index contributed by atoms with van der Waals surface area (Å²) in [5.41, 5.74) is -0.292. The van der Waals surface area contributed by atoms with Crippen molar-refractivity contribution in [2.45, 2.75) is 24.5 Å². The minimum Gasteiger partial charge on any atom is -0.484 e. The number of amides is 1. The van der Waals surface area contributed by atoms with Gasteiger partial charge in [0.2, 0.25) is 5.88 Å². The lowest BCUT2D eigenvalue weighted by atomic mass is 9.84. The minimum atomic E-state index is -0.292. The molecule has 1 aromatic carbocycles. The third-order valence-electron chi connectivity index (χ3n) is 4.79. The van der Waals surface area contributed by atoms with Gasteiger partial charge in [0.05, 0.1) is 19.7 Å². The molecule has 0 radical (unpaired) electrons. The molecule has 2 saturated heterocycles. The van der Waals surface area contributed by atoms with E-state index in [1.807, 2.05) is 48.5 Å². The highest BCUT2D eigenvalue weighted by molar-refractivity contribution is 5.79. The molecule has 3 heterocycles. The molecule has 1 aromatic heterocycles. The van der Waals surface area contributed by atoms with Crippen molar-refractivity contribution < 1.29 is 19.0 Å². The van der Waals surface area contributed by atoms with Crippen molar-refractivity contribution in [3.63, 3.8) is 0 Å². The second kappa shape index (κ2) is 7.33. The highest BCUT2D eigenvalue weighted by atomic mass is 16.5. The minimum absolute atomic E-state index is 0.0177. The lowest BCUT2D eigenvalue weighted by Gasteiger charge is -2.52. The van der Waals surface area contributed by atoms with Crippen LogP contribution in [0.5, 0.6) is 11.6 Å². The third-order valence-corrected chi connectivity index (χ3v) is 4.79. The van der Waals surface area contributed by atoms with E-state index in [0.717, 1.165) is 12.8 Å². The number of rotatable bonds is 5. The Morgan fingerprint density at radius 1 is 1.19 bits per heavy atom. The molecular weight excluding hydrogens is 332 g/mol. The van der Waals surface area contributed by atoms with Crippen LogP contribution in [-0.2, 0) is 9.53 Å². The number of likely N-dealkylation sites (tertiary alicyclic amines) is 1. The Bertz CT molecular complexity index is 732. The van der Waals surface area contributed by atoms with Crippen molar-refractivity contribution in [1.82, 2.24) is 9.88 Å². The van der Waals surface area contributed by atoms with E-state index in [2.05, 4.69) is 4.98 Å². The summed E-state index contributed by atoms with van der Waals surface area (Å²) in [6.07, 6.45) is 3.40. The molecule has 1 atom stereocenters.